The van der Waals surface area contributed by atoms with Crippen LogP contribution in [-0.2, 0) is 6.42 Å². The first-order valence-electron chi connectivity index (χ1n) is 7.57. The lowest BCUT2D eigenvalue weighted by Gasteiger charge is -2.17. The van der Waals surface area contributed by atoms with Crippen molar-refractivity contribution in [3.8, 4) is 5.69 Å². The normalized spacial score (nSPS) is 12.5. The Morgan fingerprint density at radius 2 is 1.91 bits per heavy atom. The molecule has 1 unspecified atom stereocenters. The summed E-state index contributed by atoms with van der Waals surface area (Å²) in [6.45, 7) is 8.08. The zero-order valence-electron chi connectivity index (χ0n) is 13.4. The van der Waals surface area contributed by atoms with Crippen LogP contribution in [0.4, 0.5) is 4.39 Å². The fraction of sp³-hybridized carbons (Fsp3) is 0.412. The maximum absolute atomic E-state index is 13.0. The molecule has 0 aliphatic rings. The molecule has 5 heteroatoms. The molecule has 1 atom stereocenters. The number of nitrogens with zero attached hydrogens (tertiary/aromatic N) is 2. The van der Waals surface area contributed by atoms with Gasteiger partial charge in [-0.1, -0.05) is 20.8 Å². The van der Waals surface area contributed by atoms with Gasteiger partial charge in [0.1, 0.15) is 5.82 Å². The summed E-state index contributed by atoms with van der Waals surface area (Å²) < 4.78 is 14.7. The molecule has 1 amide bonds. The Kier molecular flexibility index (Phi) is 4.96. The van der Waals surface area contributed by atoms with E-state index in [1.807, 2.05) is 13.8 Å². The number of aromatic nitrogens is 2. The zero-order valence-corrected chi connectivity index (χ0v) is 13.4. The molecule has 0 saturated carbocycles. The van der Waals surface area contributed by atoms with Gasteiger partial charge in [0.25, 0.3) is 5.91 Å². The molecule has 2 aromatic rings. The number of amides is 1. The monoisotopic (exact) mass is 303 g/mol. The van der Waals surface area contributed by atoms with E-state index >= 15 is 0 Å². The maximum atomic E-state index is 13.0. The molecular formula is C17H22FN3O. The first kappa shape index (κ1) is 16.2. The Morgan fingerprint density at radius 1 is 1.27 bits per heavy atom. The van der Waals surface area contributed by atoms with Crippen LogP contribution in [0.3, 0.4) is 0 Å². The van der Waals surface area contributed by atoms with Crippen molar-refractivity contribution in [2.45, 2.75) is 40.2 Å². The van der Waals surface area contributed by atoms with Crippen molar-refractivity contribution in [2.75, 3.05) is 0 Å². The minimum atomic E-state index is -0.294. The van der Waals surface area contributed by atoms with Crippen LogP contribution in [0.5, 0.6) is 0 Å². The lowest BCUT2D eigenvalue weighted by molar-refractivity contribution is 0.0929. The van der Waals surface area contributed by atoms with E-state index in [4.69, 9.17) is 0 Å². The third kappa shape index (κ3) is 3.35. The summed E-state index contributed by atoms with van der Waals surface area (Å²) >= 11 is 0. The van der Waals surface area contributed by atoms with Crippen LogP contribution < -0.4 is 5.32 Å². The smallest absolute Gasteiger partial charge is 0.254 e. The molecule has 2 rings (SSSR count). The van der Waals surface area contributed by atoms with E-state index in [0.29, 0.717) is 17.9 Å². The highest BCUT2D eigenvalue weighted by atomic mass is 19.1. The number of carbonyl (C=O) groups is 1. The number of rotatable bonds is 5. The van der Waals surface area contributed by atoms with Gasteiger partial charge in [-0.3, -0.25) is 4.79 Å². The average Bonchev–Trinajstić information content (AvgIpc) is 2.91. The second-order valence-electron chi connectivity index (χ2n) is 5.75. The summed E-state index contributed by atoms with van der Waals surface area (Å²) in [5.74, 6) is -0.0507. The molecule has 1 aromatic carbocycles. The molecule has 0 aliphatic heterocycles. The molecule has 1 heterocycles. The van der Waals surface area contributed by atoms with Crippen molar-refractivity contribution >= 4 is 5.91 Å². The third-order valence-corrected chi connectivity index (χ3v) is 3.88. The molecule has 0 spiro atoms. The van der Waals surface area contributed by atoms with Crippen molar-refractivity contribution < 1.29 is 9.18 Å². The average molecular weight is 303 g/mol. The maximum Gasteiger partial charge on any atom is 0.254 e. The van der Waals surface area contributed by atoms with Crippen LogP contribution in [-0.4, -0.2) is 21.7 Å². The Balaban J connectivity index is 2.31. The Labute approximate surface area is 130 Å². The van der Waals surface area contributed by atoms with Crippen LogP contribution in [0.15, 0.2) is 30.5 Å². The van der Waals surface area contributed by atoms with Crippen molar-refractivity contribution in [1.82, 2.24) is 15.1 Å². The third-order valence-electron chi connectivity index (χ3n) is 3.88. The van der Waals surface area contributed by atoms with Crippen molar-refractivity contribution in [3.63, 3.8) is 0 Å². The molecule has 0 aliphatic carbocycles. The summed E-state index contributed by atoms with van der Waals surface area (Å²) in [6.07, 6.45) is 2.24. The molecular weight excluding hydrogens is 281 g/mol. The quantitative estimate of drug-likeness (QED) is 0.921. The molecule has 0 fully saturated rings. The van der Waals surface area contributed by atoms with Crippen molar-refractivity contribution in [3.05, 3.63) is 47.5 Å². The van der Waals surface area contributed by atoms with E-state index in [9.17, 15) is 9.18 Å². The molecule has 0 radical (unpaired) electrons. The molecule has 0 saturated heterocycles. The first-order valence-corrected chi connectivity index (χ1v) is 7.57. The Hall–Kier alpha value is -2.17. The number of benzene rings is 1. The number of carbonyl (C=O) groups excluding carboxylic acids is 1. The standard InChI is InChI=1S/C17H22FN3O/c1-5-16-15(17(22)20-12(4)11(2)3)10-19-21(16)14-8-6-13(18)7-9-14/h6-12H,5H2,1-4H3,(H,20,22). The van der Waals surface area contributed by atoms with E-state index in [1.165, 1.54) is 12.1 Å². The van der Waals surface area contributed by atoms with Gasteiger partial charge in [0.2, 0.25) is 0 Å². The fourth-order valence-electron chi connectivity index (χ4n) is 2.16. The minimum absolute atomic E-state index is 0.0892. The molecule has 22 heavy (non-hydrogen) atoms. The number of hydrogen-bond acceptors (Lipinski definition) is 2. The van der Waals surface area contributed by atoms with Gasteiger partial charge >= 0.3 is 0 Å². The van der Waals surface area contributed by atoms with Crippen LogP contribution in [0.1, 0.15) is 43.7 Å². The van der Waals surface area contributed by atoms with Gasteiger partial charge in [-0.2, -0.15) is 5.10 Å². The second kappa shape index (κ2) is 6.73. The lowest BCUT2D eigenvalue weighted by atomic mass is 10.1. The van der Waals surface area contributed by atoms with Crippen LogP contribution in [0, 0.1) is 11.7 Å². The predicted molar refractivity (Wildman–Crippen MR) is 84.7 cm³/mol. The SMILES string of the molecule is CCc1c(C(=O)NC(C)C(C)C)cnn1-c1ccc(F)cc1. The molecule has 4 nitrogen and oxygen atoms in total. The van der Waals surface area contributed by atoms with Gasteiger partial charge in [-0.25, -0.2) is 9.07 Å². The van der Waals surface area contributed by atoms with Gasteiger partial charge in [0.05, 0.1) is 23.1 Å². The highest BCUT2D eigenvalue weighted by Crippen LogP contribution is 2.17. The van der Waals surface area contributed by atoms with Gasteiger partial charge in [-0.15, -0.1) is 0 Å². The van der Waals surface area contributed by atoms with Crippen LogP contribution in [0.2, 0.25) is 0 Å². The van der Waals surface area contributed by atoms with Crippen molar-refractivity contribution in [2.24, 2.45) is 5.92 Å². The molecule has 1 aromatic heterocycles. The molecule has 0 bridgehead atoms. The zero-order chi connectivity index (χ0) is 16.3. The first-order chi connectivity index (χ1) is 10.4. The molecule has 118 valence electrons. The minimum Gasteiger partial charge on any atom is -0.349 e. The van der Waals surface area contributed by atoms with Gasteiger partial charge < -0.3 is 5.32 Å². The highest BCUT2D eigenvalue weighted by Gasteiger charge is 2.19. The van der Waals surface area contributed by atoms with Gasteiger partial charge in [0.15, 0.2) is 0 Å². The summed E-state index contributed by atoms with van der Waals surface area (Å²) in [7, 11) is 0. The Morgan fingerprint density at radius 3 is 2.45 bits per heavy atom. The summed E-state index contributed by atoms with van der Waals surface area (Å²) in [5, 5.41) is 7.29. The number of hydrogen-bond donors (Lipinski definition) is 1. The lowest BCUT2D eigenvalue weighted by Crippen LogP contribution is -2.36. The van der Waals surface area contributed by atoms with E-state index in [0.717, 1.165) is 11.4 Å². The van der Waals surface area contributed by atoms with Crippen LogP contribution >= 0.6 is 0 Å². The van der Waals surface area contributed by atoms with Gasteiger partial charge in [-0.05, 0) is 43.5 Å². The molecule has 1 N–H and O–H groups in total. The summed E-state index contributed by atoms with van der Waals surface area (Å²) in [5.41, 5.74) is 2.13. The number of nitrogens with one attached hydrogen (secondary N) is 1. The second-order valence-corrected chi connectivity index (χ2v) is 5.75. The van der Waals surface area contributed by atoms with E-state index in [1.54, 1.807) is 23.0 Å². The van der Waals surface area contributed by atoms with E-state index < -0.39 is 0 Å². The van der Waals surface area contributed by atoms with E-state index in [-0.39, 0.29) is 17.8 Å². The predicted octanol–water partition coefficient (Wildman–Crippen LogP) is 3.35. The number of halogens is 1. The summed E-state index contributed by atoms with van der Waals surface area (Å²) in [4.78, 5) is 12.4. The topological polar surface area (TPSA) is 46.9 Å². The van der Waals surface area contributed by atoms with Crippen molar-refractivity contribution in [1.29, 1.82) is 0 Å². The van der Waals surface area contributed by atoms with Gasteiger partial charge in [0, 0.05) is 6.04 Å². The van der Waals surface area contributed by atoms with Crippen LogP contribution in [0.25, 0.3) is 5.69 Å². The highest BCUT2D eigenvalue weighted by molar-refractivity contribution is 5.95. The Bertz CT molecular complexity index is 646. The fourth-order valence-corrected chi connectivity index (χ4v) is 2.16. The summed E-state index contributed by atoms with van der Waals surface area (Å²) in [6, 6.07) is 6.17. The van der Waals surface area contributed by atoms with E-state index in [2.05, 4.69) is 24.3 Å². The largest absolute Gasteiger partial charge is 0.349 e.